The molecule has 2 aromatic rings. The van der Waals surface area contributed by atoms with E-state index in [2.05, 4.69) is 60.6 Å². The number of unbranched alkanes of at least 4 members (excludes halogenated alkanes) is 1. The van der Waals surface area contributed by atoms with Crippen LogP contribution in [0.5, 0.6) is 5.75 Å². The Morgan fingerprint density at radius 3 is 2.75 bits per heavy atom. The van der Waals surface area contributed by atoms with Crippen molar-refractivity contribution < 1.29 is 4.74 Å². The van der Waals surface area contributed by atoms with Gasteiger partial charge in [0.05, 0.1) is 12.3 Å². The minimum atomic E-state index is 0.247. The Balaban J connectivity index is 1.88. The van der Waals surface area contributed by atoms with Gasteiger partial charge in [-0.2, -0.15) is 5.10 Å². The number of nitrogens with zero attached hydrogens (tertiary/aromatic N) is 3. The second-order valence-electron chi connectivity index (χ2n) is 7.30. The van der Waals surface area contributed by atoms with Crippen LogP contribution < -0.4 is 15.4 Å². The predicted octanol–water partition coefficient (Wildman–Crippen LogP) is 3.51. The monoisotopic (exact) mass is 385 g/mol. The smallest absolute Gasteiger partial charge is 0.191 e. The fourth-order valence-electron chi connectivity index (χ4n) is 3.16. The highest BCUT2D eigenvalue weighted by atomic mass is 16.5. The molecule has 0 bridgehead atoms. The number of aryl methyl sites for hydroxylation is 2. The molecule has 1 aromatic carbocycles. The minimum Gasteiger partial charge on any atom is -0.494 e. The zero-order valence-electron chi connectivity index (χ0n) is 18.2. The largest absolute Gasteiger partial charge is 0.494 e. The molecule has 154 valence electrons. The maximum absolute atomic E-state index is 5.79. The third kappa shape index (κ3) is 6.29. The van der Waals surface area contributed by atoms with Crippen LogP contribution in [0, 0.1) is 13.8 Å². The molecule has 0 aliphatic heterocycles. The number of guanidine groups is 1. The van der Waals surface area contributed by atoms with Crippen LogP contribution in [0.15, 0.2) is 29.3 Å². The van der Waals surface area contributed by atoms with Gasteiger partial charge in [-0.05, 0) is 56.9 Å². The zero-order chi connectivity index (χ0) is 20.5. The van der Waals surface area contributed by atoms with Crippen molar-refractivity contribution in [2.24, 2.45) is 12.0 Å². The number of hydrogen-bond donors (Lipinski definition) is 2. The molecule has 2 rings (SSSR count). The van der Waals surface area contributed by atoms with Gasteiger partial charge in [0.15, 0.2) is 5.96 Å². The van der Waals surface area contributed by atoms with Crippen LogP contribution in [-0.2, 0) is 20.0 Å². The van der Waals surface area contributed by atoms with E-state index in [1.165, 1.54) is 16.8 Å². The highest BCUT2D eigenvalue weighted by Crippen LogP contribution is 2.15. The molecule has 0 fully saturated rings. The van der Waals surface area contributed by atoms with Gasteiger partial charge in [0.25, 0.3) is 0 Å². The Labute approximate surface area is 169 Å². The van der Waals surface area contributed by atoms with E-state index in [1.807, 2.05) is 23.9 Å². The van der Waals surface area contributed by atoms with Gasteiger partial charge in [-0.3, -0.25) is 9.67 Å². The maximum atomic E-state index is 5.79. The summed E-state index contributed by atoms with van der Waals surface area (Å²) in [4.78, 5) is 4.36. The lowest BCUT2D eigenvalue weighted by atomic mass is 10.1. The van der Waals surface area contributed by atoms with E-state index < -0.39 is 0 Å². The number of aliphatic imine (C=N–C) groups is 1. The summed E-state index contributed by atoms with van der Waals surface area (Å²) >= 11 is 0. The lowest BCUT2D eigenvalue weighted by Gasteiger charge is -2.18. The van der Waals surface area contributed by atoms with Gasteiger partial charge in [-0.25, -0.2) is 0 Å². The highest BCUT2D eigenvalue weighted by Gasteiger charge is 2.14. The Morgan fingerprint density at radius 1 is 1.32 bits per heavy atom. The second kappa shape index (κ2) is 10.7. The van der Waals surface area contributed by atoms with Crippen molar-refractivity contribution in [2.45, 2.75) is 59.5 Å². The average Bonchev–Trinajstić information content (AvgIpc) is 2.91. The summed E-state index contributed by atoms with van der Waals surface area (Å²) in [6, 6.07) is 8.47. The number of nitrogens with one attached hydrogen (secondary N) is 2. The third-order valence-electron chi connectivity index (χ3n) is 4.90. The molecule has 6 heteroatoms. The van der Waals surface area contributed by atoms with Crippen LogP contribution >= 0.6 is 0 Å². The van der Waals surface area contributed by atoms with E-state index >= 15 is 0 Å². The molecule has 0 radical (unpaired) electrons. The predicted molar refractivity (Wildman–Crippen MR) is 116 cm³/mol. The molecular formula is C22H35N5O. The third-order valence-corrected chi connectivity index (χ3v) is 4.90. The summed E-state index contributed by atoms with van der Waals surface area (Å²) < 4.78 is 7.74. The van der Waals surface area contributed by atoms with Gasteiger partial charge < -0.3 is 15.4 Å². The van der Waals surface area contributed by atoms with Crippen LogP contribution in [0.4, 0.5) is 0 Å². The van der Waals surface area contributed by atoms with Crippen molar-refractivity contribution in [2.75, 3.05) is 13.7 Å². The molecule has 1 aromatic heterocycles. The molecule has 0 aliphatic rings. The summed E-state index contributed by atoms with van der Waals surface area (Å²) in [5.74, 6) is 1.72. The lowest BCUT2D eigenvalue weighted by Crippen LogP contribution is -2.42. The molecule has 0 aliphatic carbocycles. The Morgan fingerprint density at radius 2 is 2.11 bits per heavy atom. The fourth-order valence-corrected chi connectivity index (χ4v) is 3.16. The zero-order valence-corrected chi connectivity index (χ0v) is 18.2. The summed E-state index contributed by atoms with van der Waals surface area (Å²) in [6.07, 6.45) is 3.12. The molecule has 0 saturated heterocycles. The fraction of sp³-hybridized carbons (Fsp3) is 0.545. The Hall–Kier alpha value is -2.50. The van der Waals surface area contributed by atoms with Crippen LogP contribution in [0.3, 0.4) is 0 Å². The molecule has 1 heterocycles. The minimum absolute atomic E-state index is 0.247. The van der Waals surface area contributed by atoms with Gasteiger partial charge in [-0.15, -0.1) is 0 Å². The van der Waals surface area contributed by atoms with Crippen molar-refractivity contribution in [3.8, 4) is 5.75 Å². The van der Waals surface area contributed by atoms with Gasteiger partial charge in [-0.1, -0.05) is 25.5 Å². The molecule has 0 saturated carbocycles. The number of rotatable bonds is 9. The van der Waals surface area contributed by atoms with E-state index in [1.54, 1.807) is 7.05 Å². The van der Waals surface area contributed by atoms with Gasteiger partial charge in [0.1, 0.15) is 5.75 Å². The van der Waals surface area contributed by atoms with Gasteiger partial charge in [0.2, 0.25) is 0 Å². The number of aromatic nitrogens is 2. The van der Waals surface area contributed by atoms with E-state index in [0.717, 1.165) is 43.3 Å². The van der Waals surface area contributed by atoms with Crippen molar-refractivity contribution in [1.29, 1.82) is 0 Å². The summed E-state index contributed by atoms with van der Waals surface area (Å²) in [5, 5.41) is 11.4. The first-order chi connectivity index (χ1) is 13.4. The molecule has 1 unspecified atom stereocenters. The first-order valence-corrected chi connectivity index (χ1v) is 10.1. The van der Waals surface area contributed by atoms with E-state index in [-0.39, 0.29) is 6.04 Å². The first-order valence-electron chi connectivity index (χ1n) is 10.1. The van der Waals surface area contributed by atoms with Crippen LogP contribution in [0.25, 0.3) is 0 Å². The Kier molecular flexibility index (Phi) is 8.36. The molecule has 2 N–H and O–H groups in total. The van der Waals surface area contributed by atoms with Crippen molar-refractivity contribution >= 4 is 5.96 Å². The highest BCUT2D eigenvalue weighted by molar-refractivity contribution is 5.79. The normalized spacial score (nSPS) is 12.7. The van der Waals surface area contributed by atoms with Gasteiger partial charge >= 0.3 is 0 Å². The topological polar surface area (TPSA) is 63.5 Å². The molecule has 0 spiro atoms. The first kappa shape index (κ1) is 21.8. The number of ether oxygens (including phenoxy) is 1. The molecule has 28 heavy (non-hydrogen) atoms. The van der Waals surface area contributed by atoms with Crippen molar-refractivity contribution in [3.63, 3.8) is 0 Å². The lowest BCUT2D eigenvalue weighted by molar-refractivity contribution is 0.309. The maximum Gasteiger partial charge on any atom is 0.191 e. The van der Waals surface area contributed by atoms with E-state index in [0.29, 0.717) is 6.54 Å². The van der Waals surface area contributed by atoms with Crippen LogP contribution in [0.2, 0.25) is 0 Å². The quantitative estimate of drug-likeness (QED) is 0.394. The molecule has 6 nitrogen and oxygen atoms in total. The van der Waals surface area contributed by atoms with E-state index in [9.17, 15) is 0 Å². The van der Waals surface area contributed by atoms with Crippen LogP contribution in [-0.4, -0.2) is 35.4 Å². The van der Waals surface area contributed by atoms with Crippen molar-refractivity contribution in [3.05, 3.63) is 46.8 Å². The standard InChI is InChI=1S/C22H35N5O/c1-7-8-12-28-20-11-9-10-19(14-20)15-24-22(23-5)25-16(2)13-21-17(3)26-27(6)18(21)4/h9-11,14,16H,7-8,12-13,15H2,1-6H3,(H2,23,24,25). The summed E-state index contributed by atoms with van der Waals surface area (Å²) in [6.45, 7) is 9.98. The van der Waals surface area contributed by atoms with E-state index in [4.69, 9.17) is 4.74 Å². The number of hydrogen-bond acceptors (Lipinski definition) is 3. The molecule has 1 atom stereocenters. The van der Waals surface area contributed by atoms with Gasteiger partial charge in [0, 0.05) is 32.4 Å². The SMILES string of the molecule is CCCCOc1cccc(CNC(=NC)NC(C)Cc2c(C)nn(C)c2C)c1. The van der Waals surface area contributed by atoms with Crippen LogP contribution in [0.1, 0.15) is 49.2 Å². The Bertz CT molecular complexity index is 781. The molecular weight excluding hydrogens is 350 g/mol. The summed E-state index contributed by atoms with van der Waals surface area (Å²) in [5.41, 5.74) is 4.78. The molecule has 0 amide bonds. The average molecular weight is 386 g/mol. The van der Waals surface area contributed by atoms with Crippen molar-refractivity contribution in [1.82, 2.24) is 20.4 Å². The summed E-state index contributed by atoms with van der Waals surface area (Å²) in [7, 11) is 3.79. The second-order valence-corrected chi connectivity index (χ2v) is 7.30. The number of benzene rings is 1.